The number of rotatable bonds is 5. The number of hydrogen-bond acceptors (Lipinski definition) is 4. The van der Waals surface area contributed by atoms with Gasteiger partial charge in [-0.15, -0.1) is 24.0 Å². The Hall–Kier alpha value is -0.770. The van der Waals surface area contributed by atoms with Gasteiger partial charge in [-0.3, -0.25) is 9.89 Å². The molecule has 1 heterocycles. The molecule has 0 unspecified atom stereocenters. The molecule has 1 saturated carbocycles. The van der Waals surface area contributed by atoms with Gasteiger partial charge in [-0.25, -0.2) is 4.79 Å². The van der Waals surface area contributed by atoms with E-state index in [9.17, 15) is 4.79 Å². The zero-order valence-electron chi connectivity index (χ0n) is 16.0. The molecule has 1 aliphatic heterocycles. The number of nitrogens with zero attached hydrogens (tertiary/aromatic N) is 3. The Kier molecular flexibility index (Phi) is 9.26. The Morgan fingerprint density at radius 3 is 2.32 bits per heavy atom. The lowest BCUT2D eigenvalue weighted by molar-refractivity contribution is 0.0147. The van der Waals surface area contributed by atoms with Gasteiger partial charge < -0.3 is 20.3 Å². The molecule has 8 heteroatoms. The minimum Gasteiger partial charge on any atom is -0.444 e. The largest absolute Gasteiger partial charge is 0.444 e. The third-order valence-corrected chi connectivity index (χ3v) is 4.22. The third-order valence-electron chi connectivity index (χ3n) is 4.22. The first kappa shape index (κ1) is 22.3. The molecule has 2 fully saturated rings. The normalized spacial score (nSPS) is 19.2. The Morgan fingerprint density at radius 1 is 1.16 bits per heavy atom. The van der Waals surface area contributed by atoms with Crippen LogP contribution >= 0.6 is 24.0 Å². The van der Waals surface area contributed by atoms with Crippen LogP contribution in [-0.4, -0.2) is 80.3 Å². The highest BCUT2D eigenvalue weighted by atomic mass is 127. The molecule has 0 radical (unpaired) electrons. The maximum atomic E-state index is 12.0. The van der Waals surface area contributed by atoms with E-state index in [1.54, 1.807) is 4.90 Å². The highest BCUT2D eigenvalue weighted by Crippen LogP contribution is 2.27. The van der Waals surface area contributed by atoms with Crippen molar-refractivity contribution in [1.29, 1.82) is 0 Å². The minimum absolute atomic E-state index is 0. The average Bonchev–Trinajstić information content (AvgIpc) is 3.34. The summed E-state index contributed by atoms with van der Waals surface area (Å²) >= 11 is 0. The molecule has 0 aromatic heterocycles. The van der Waals surface area contributed by atoms with Crippen LogP contribution in [0.1, 0.15) is 33.6 Å². The topological polar surface area (TPSA) is 69.2 Å². The predicted octanol–water partition coefficient (Wildman–Crippen LogP) is 1.73. The highest BCUT2D eigenvalue weighted by Gasteiger charge is 2.25. The van der Waals surface area contributed by atoms with E-state index in [0.717, 1.165) is 57.7 Å². The van der Waals surface area contributed by atoms with Gasteiger partial charge in [0.25, 0.3) is 0 Å². The van der Waals surface area contributed by atoms with Crippen LogP contribution in [0.2, 0.25) is 0 Å². The smallest absolute Gasteiger partial charge is 0.410 e. The fourth-order valence-electron chi connectivity index (χ4n) is 2.60. The van der Waals surface area contributed by atoms with Crippen LogP contribution in [0.25, 0.3) is 0 Å². The Balaban J connectivity index is 0.00000312. The minimum atomic E-state index is -0.429. The number of guanidine groups is 1. The molecule has 1 aliphatic carbocycles. The lowest BCUT2D eigenvalue weighted by Crippen LogP contribution is -2.51. The van der Waals surface area contributed by atoms with E-state index >= 15 is 0 Å². The highest BCUT2D eigenvalue weighted by molar-refractivity contribution is 14.0. The second kappa shape index (κ2) is 10.4. The first-order chi connectivity index (χ1) is 11.4. The van der Waals surface area contributed by atoms with Crippen molar-refractivity contribution in [3.8, 4) is 0 Å². The van der Waals surface area contributed by atoms with Crippen LogP contribution < -0.4 is 10.6 Å². The molecule has 2 N–H and O–H groups in total. The molecule has 0 aromatic carbocycles. The average molecular weight is 467 g/mol. The van der Waals surface area contributed by atoms with Gasteiger partial charge in [0.05, 0.1) is 0 Å². The molecule has 1 saturated heterocycles. The summed E-state index contributed by atoms with van der Waals surface area (Å²) in [5.41, 5.74) is -0.429. The molecule has 146 valence electrons. The number of ether oxygens (including phenoxy) is 1. The van der Waals surface area contributed by atoms with E-state index in [2.05, 4.69) is 20.5 Å². The van der Waals surface area contributed by atoms with Crippen LogP contribution in [-0.2, 0) is 4.74 Å². The van der Waals surface area contributed by atoms with Crippen molar-refractivity contribution < 1.29 is 9.53 Å². The SMILES string of the molecule is CN=C(NCCN1CCN(C(=O)OC(C)(C)C)CC1)NCC1CC1.I. The second-order valence-electron chi connectivity index (χ2n) is 7.63. The molecule has 1 amide bonds. The van der Waals surface area contributed by atoms with Crippen LogP contribution in [0, 0.1) is 5.92 Å². The maximum Gasteiger partial charge on any atom is 0.410 e. The summed E-state index contributed by atoms with van der Waals surface area (Å²) < 4.78 is 5.42. The molecule has 0 atom stereocenters. The van der Waals surface area contributed by atoms with Crippen molar-refractivity contribution in [3.05, 3.63) is 0 Å². The first-order valence-corrected chi connectivity index (χ1v) is 9.02. The molecule has 2 aliphatic rings. The molecule has 7 nitrogen and oxygen atoms in total. The first-order valence-electron chi connectivity index (χ1n) is 9.02. The fourth-order valence-corrected chi connectivity index (χ4v) is 2.60. The van der Waals surface area contributed by atoms with Crippen LogP contribution in [0.5, 0.6) is 0 Å². The summed E-state index contributed by atoms with van der Waals surface area (Å²) in [5, 5.41) is 6.72. The predicted molar refractivity (Wildman–Crippen MR) is 112 cm³/mol. The fraction of sp³-hybridized carbons (Fsp3) is 0.882. The zero-order chi connectivity index (χ0) is 17.6. The lowest BCUT2D eigenvalue weighted by Gasteiger charge is -2.35. The molecule has 0 aromatic rings. The van der Waals surface area contributed by atoms with E-state index < -0.39 is 5.60 Å². The van der Waals surface area contributed by atoms with E-state index in [-0.39, 0.29) is 30.1 Å². The Morgan fingerprint density at radius 2 is 1.80 bits per heavy atom. The number of halogens is 1. The number of carbonyl (C=O) groups is 1. The molecular weight excluding hydrogens is 433 g/mol. The Labute approximate surface area is 169 Å². The van der Waals surface area contributed by atoms with Crippen LogP contribution in [0.15, 0.2) is 4.99 Å². The lowest BCUT2D eigenvalue weighted by atomic mass is 10.2. The van der Waals surface area contributed by atoms with Gasteiger partial charge >= 0.3 is 6.09 Å². The second-order valence-corrected chi connectivity index (χ2v) is 7.63. The number of piperazine rings is 1. The van der Waals surface area contributed by atoms with Crippen LogP contribution in [0.3, 0.4) is 0 Å². The number of nitrogens with one attached hydrogen (secondary N) is 2. The zero-order valence-corrected chi connectivity index (χ0v) is 18.3. The Bertz CT molecular complexity index is 441. The molecule has 2 rings (SSSR count). The van der Waals surface area contributed by atoms with Crippen molar-refractivity contribution in [2.75, 3.05) is 52.9 Å². The molecular formula is C17H34IN5O2. The van der Waals surface area contributed by atoms with Crippen LogP contribution in [0.4, 0.5) is 4.79 Å². The van der Waals surface area contributed by atoms with Gasteiger partial charge in [-0.05, 0) is 39.5 Å². The number of aliphatic imine (C=N–C) groups is 1. The van der Waals surface area contributed by atoms with Gasteiger partial charge in [0.2, 0.25) is 0 Å². The van der Waals surface area contributed by atoms with E-state index in [0.29, 0.717) is 0 Å². The summed E-state index contributed by atoms with van der Waals surface area (Å²) in [7, 11) is 1.81. The maximum absolute atomic E-state index is 12.0. The van der Waals surface area contributed by atoms with E-state index in [1.807, 2.05) is 27.8 Å². The molecule has 0 bridgehead atoms. The summed E-state index contributed by atoms with van der Waals surface area (Å²) in [6.07, 6.45) is 2.47. The van der Waals surface area contributed by atoms with Gasteiger partial charge in [-0.1, -0.05) is 0 Å². The number of carbonyl (C=O) groups excluding carboxylic acids is 1. The van der Waals surface area contributed by atoms with E-state index in [4.69, 9.17) is 4.74 Å². The van der Waals surface area contributed by atoms with Gasteiger partial charge in [-0.2, -0.15) is 0 Å². The van der Waals surface area contributed by atoms with E-state index in [1.165, 1.54) is 12.8 Å². The van der Waals surface area contributed by atoms with Crippen molar-refractivity contribution in [2.24, 2.45) is 10.9 Å². The summed E-state index contributed by atoms with van der Waals surface area (Å²) in [6.45, 7) is 11.7. The summed E-state index contributed by atoms with van der Waals surface area (Å²) in [4.78, 5) is 20.4. The van der Waals surface area contributed by atoms with Crippen molar-refractivity contribution in [1.82, 2.24) is 20.4 Å². The standard InChI is InChI=1S/C17H33N5O2.HI/c1-17(2,3)24-16(23)22-11-9-21(10-12-22)8-7-19-15(18-4)20-13-14-5-6-14;/h14H,5-13H2,1-4H3,(H2,18,19,20);1H. The van der Waals surface area contributed by atoms with Gasteiger partial charge in [0.15, 0.2) is 5.96 Å². The third kappa shape index (κ3) is 8.94. The van der Waals surface area contributed by atoms with Crippen molar-refractivity contribution in [2.45, 2.75) is 39.2 Å². The summed E-state index contributed by atoms with van der Waals surface area (Å²) in [5.74, 6) is 1.72. The molecule has 25 heavy (non-hydrogen) atoms. The number of amides is 1. The van der Waals surface area contributed by atoms with Crippen molar-refractivity contribution in [3.63, 3.8) is 0 Å². The summed E-state index contributed by atoms with van der Waals surface area (Å²) in [6, 6.07) is 0. The quantitative estimate of drug-likeness (QED) is 0.366. The van der Waals surface area contributed by atoms with Gasteiger partial charge in [0, 0.05) is 52.9 Å². The molecule has 0 spiro atoms. The van der Waals surface area contributed by atoms with Gasteiger partial charge in [0.1, 0.15) is 5.60 Å². The number of hydrogen-bond donors (Lipinski definition) is 2. The monoisotopic (exact) mass is 467 g/mol. The van der Waals surface area contributed by atoms with Crippen molar-refractivity contribution >= 4 is 36.0 Å².